The van der Waals surface area contributed by atoms with E-state index in [2.05, 4.69) is 5.32 Å². The van der Waals surface area contributed by atoms with Gasteiger partial charge in [-0.2, -0.15) is 0 Å². The van der Waals surface area contributed by atoms with Gasteiger partial charge in [-0.3, -0.25) is 9.59 Å². The maximum Gasteiger partial charge on any atom is 0.226 e. The van der Waals surface area contributed by atoms with Crippen LogP contribution in [0.1, 0.15) is 24.5 Å². The molecule has 0 aromatic heterocycles. The zero-order valence-electron chi connectivity index (χ0n) is 14.9. The fourth-order valence-electron chi connectivity index (χ4n) is 2.57. The molecule has 1 N–H and O–H groups in total. The van der Waals surface area contributed by atoms with E-state index < -0.39 is 0 Å². The molecule has 0 aliphatic rings. The Kier molecular flexibility index (Phi) is 7.49. The SMILES string of the molecule is CC(=O)N(CCC(=O)Nc1ccccc1C)CCc1ccc(Cl)cc1Cl. The summed E-state index contributed by atoms with van der Waals surface area (Å²) in [5.41, 5.74) is 2.72. The average molecular weight is 393 g/mol. The molecule has 0 fully saturated rings. The number of nitrogens with one attached hydrogen (secondary N) is 1. The topological polar surface area (TPSA) is 49.4 Å². The largest absolute Gasteiger partial charge is 0.342 e. The monoisotopic (exact) mass is 392 g/mol. The van der Waals surface area contributed by atoms with Gasteiger partial charge in [0.25, 0.3) is 0 Å². The lowest BCUT2D eigenvalue weighted by Crippen LogP contribution is -2.33. The van der Waals surface area contributed by atoms with Crippen LogP contribution in [0.4, 0.5) is 5.69 Å². The van der Waals surface area contributed by atoms with Crippen LogP contribution in [0, 0.1) is 6.92 Å². The van der Waals surface area contributed by atoms with Crippen molar-refractivity contribution in [3.05, 3.63) is 63.6 Å². The minimum absolute atomic E-state index is 0.0706. The van der Waals surface area contributed by atoms with Crippen molar-refractivity contribution in [3.8, 4) is 0 Å². The smallest absolute Gasteiger partial charge is 0.226 e. The number of anilines is 1. The molecule has 0 saturated carbocycles. The molecule has 0 aliphatic heterocycles. The Morgan fingerprint density at radius 2 is 1.81 bits per heavy atom. The van der Waals surface area contributed by atoms with Crippen molar-refractivity contribution in [1.29, 1.82) is 0 Å². The number of nitrogens with zero attached hydrogens (tertiary/aromatic N) is 1. The van der Waals surface area contributed by atoms with Crippen molar-refractivity contribution in [2.24, 2.45) is 0 Å². The third-order valence-electron chi connectivity index (χ3n) is 4.14. The van der Waals surface area contributed by atoms with E-state index in [-0.39, 0.29) is 18.2 Å². The highest BCUT2D eigenvalue weighted by atomic mass is 35.5. The highest BCUT2D eigenvalue weighted by Crippen LogP contribution is 2.21. The number of amides is 2. The molecular weight excluding hydrogens is 371 g/mol. The summed E-state index contributed by atoms with van der Waals surface area (Å²) >= 11 is 12.1. The van der Waals surface area contributed by atoms with Crippen LogP contribution in [-0.4, -0.2) is 29.8 Å². The van der Waals surface area contributed by atoms with Gasteiger partial charge < -0.3 is 10.2 Å². The number of carbonyl (C=O) groups excluding carboxylic acids is 2. The van der Waals surface area contributed by atoms with Crippen LogP contribution in [0.2, 0.25) is 10.0 Å². The van der Waals surface area contributed by atoms with Gasteiger partial charge in [0.2, 0.25) is 11.8 Å². The van der Waals surface area contributed by atoms with Crippen LogP contribution in [0.3, 0.4) is 0 Å². The van der Waals surface area contributed by atoms with E-state index in [0.29, 0.717) is 29.6 Å². The number of hydrogen-bond donors (Lipinski definition) is 1. The molecule has 4 nitrogen and oxygen atoms in total. The zero-order valence-corrected chi connectivity index (χ0v) is 16.4. The lowest BCUT2D eigenvalue weighted by molar-refractivity contribution is -0.129. The summed E-state index contributed by atoms with van der Waals surface area (Å²) in [6.45, 7) is 4.29. The van der Waals surface area contributed by atoms with Gasteiger partial charge >= 0.3 is 0 Å². The van der Waals surface area contributed by atoms with Crippen LogP contribution in [0.5, 0.6) is 0 Å². The first-order valence-corrected chi connectivity index (χ1v) is 9.17. The lowest BCUT2D eigenvalue weighted by atomic mass is 10.1. The van der Waals surface area contributed by atoms with Gasteiger partial charge in [-0.25, -0.2) is 0 Å². The first kappa shape index (κ1) is 20.3. The maximum absolute atomic E-state index is 12.2. The Morgan fingerprint density at radius 3 is 2.46 bits per heavy atom. The van der Waals surface area contributed by atoms with E-state index in [9.17, 15) is 9.59 Å². The van der Waals surface area contributed by atoms with Crippen molar-refractivity contribution >= 4 is 40.7 Å². The third kappa shape index (κ3) is 6.04. The summed E-state index contributed by atoms with van der Waals surface area (Å²) < 4.78 is 0. The van der Waals surface area contributed by atoms with Crippen molar-refractivity contribution in [2.75, 3.05) is 18.4 Å². The van der Waals surface area contributed by atoms with Gasteiger partial charge in [-0.1, -0.05) is 47.5 Å². The van der Waals surface area contributed by atoms with Gasteiger partial charge in [0.1, 0.15) is 0 Å². The van der Waals surface area contributed by atoms with Crippen LogP contribution >= 0.6 is 23.2 Å². The predicted molar refractivity (Wildman–Crippen MR) is 107 cm³/mol. The minimum atomic E-state index is -0.116. The van der Waals surface area contributed by atoms with E-state index >= 15 is 0 Å². The number of carbonyl (C=O) groups is 2. The molecule has 0 spiro atoms. The second-order valence-corrected chi connectivity index (χ2v) is 6.95. The average Bonchev–Trinajstić information content (AvgIpc) is 2.58. The number of halogens is 2. The Labute approximate surface area is 164 Å². The molecule has 0 bridgehead atoms. The second kappa shape index (κ2) is 9.60. The molecule has 2 aromatic carbocycles. The van der Waals surface area contributed by atoms with Crippen LogP contribution in [0.15, 0.2) is 42.5 Å². The van der Waals surface area contributed by atoms with Crippen molar-refractivity contribution in [1.82, 2.24) is 4.90 Å². The molecule has 138 valence electrons. The summed E-state index contributed by atoms with van der Waals surface area (Å²) in [6.07, 6.45) is 0.845. The molecule has 0 heterocycles. The molecule has 6 heteroatoms. The van der Waals surface area contributed by atoms with E-state index in [4.69, 9.17) is 23.2 Å². The Morgan fingerprint density at radius 1 is 1.08 bits per heavy atom. The number of benzene rings is 2. The predicted octanol–water partition coefficient (Wildman–Crippen LogP) is 4.72. The maximum atomic E-state index is 12.2. The highest BCUT2D eigenvalue weighted by molar-refractivity contribution is 6.35. The Hall–Kier alpha value is -2.04. The quantitative estimate of drug-likeness (QED) is 0.740. The van der Waals surface area contributed by atoms with Crippen LogP contribution in [-0.2, 0) is 16.0 Å². The van der Waals surface area contributed by atoms with E-state index in [1.54, 1.807) is 17.0 Å². The summed E-state index contributed by atoms with van der Waals surface area (Å²) in [7, 11) is 0. The standard InChI is InChI=1S/C20H22Cl2N2O2/c1-14-5-3-4-6-19(14)23-20(26)10-12-24(15(2)25)11-9-16-7-8-17(21)13-18(16)22/h3-8,13H,9-12H2,1-2H3,(H,23,26). The summed E-state index contributed by atoms with van der Waals surface area (Å²) in [6, 6.07) is 12.9. The number of hydrogen-bond acceptors (Lipinski definition) is 2. The van der Waals surface area contributed by atoms with Gasteiger partial charge in [-0.05, 0) is 42.7 Å². The van der Waals surface area contributed by atoms with Crippen molar-refractivity contribution in [3.63, 3.8) is 0 Å². The van der Waals surface area contributed by atoms with E-state index in [1.165, 1.54) is 6.92 Å². The van der Waals surface area contributed by atoms with Crippen LogP contribution < -0.4 is 5.32 Å². The molecule has 0 atom stereocenters. The first-order valence-electron chi connectivity index (χ1n) is 8.41. The highest BCUT2D eigenvalue weighted by Gasteiger charge is 2.13. The molecule has 2 amide bonds. The first-order chi connectivity index (χ1) is 12.4. The summed E-state index contributed by atoms with van der Waals surface area (Å²) in [5, 5.41) is 4.04. The molecular formula is C20H22Cl2N2O2. The fraction of sp³-hybridized carbons (Fsp3) is 0.300. The van der Waals surface area contributed by atoms with E-state index in [1.807, 2.05) is 37.3 Å². The van der Waals surface area contributed by atoms with Crippen molar-refractivity contribution < 1.29 is 9.59 Å². The fourth-order valence-corrected chi connectivity index (χ4v) is 3.07. The number of rotatable bonds is 7. The minimum Gasteiger partial charge on any atom is -0.342 e. The van der Waals surface area contributed by atoms with Gasteiger partial charge in [0.05, 0.1) is 0 Å². The molecule has 0 radical (unpaired) electrons. The molecule has 0 unspecified atom stereocenters. The van der Waals surface area contributed by atoms with Crippen LogP contribution in [0.25, 0.3) is 0 Å². The summed E-state index contributed by atoms with van der Waals surface area (Å²) in [5.74, 6) is -0.186. The zero-order chi connectivity index (χ0) is 19.1. The number of para-hydroxylation sites is 1. The van der Waals surface area contributed by atoms with Gasteiger partial charge in [0, 0.05) is 42.2 Å². The normalized spacial score (nSPS) is 10.5. The second-order valence-electron chi connectivity index (χ2n) is 6.10. The molecule has 0 saturated heterocycles. The molecule has 2 aromatic rings. The van der Waals surface area contributed by atoms with Gasteiger partial charge in [-0.15, -0.1) is 0 Å². The molecule has 2 rings (SSSR count). The Bertz CT molecular complexity index is 793. The van der Waals surface area contributed by atoms with E-state index in [0.717, 1.165) is 16.8 Å². The molecule has 0 aliphatic carbocycles. The van der Waals surface area contributed by atoms with Gasteiger partial charge in [0.15, 0.2) is 0 Å². The lowest BCUT2D eigenvalue weighted by Gasteiger charge is -2.21. The third-order valence-corrected chi connectivity index (χ3v) is 4.73. The summed E-state index contributed by atoms with van der Waals surface area (Å²) in [4.78, 5) is 25.7. The van der Waals surface area contributed by atoms with Crippen molar-refractivity contribution in [2.45, 2.75) is 26.7 Å². The Balaban J connectivity index is 1.88. The number of aryl methyl sites for hydroxylation is 1. The molecule has 26 heavy (non-hydrogen) atoms.